The van der Waals surface area contributed by atoms with E-state index in [-0.39, 0.29) is 54.7 Å². The molecule has 10 aromatic carbocycles. The van der Waals surface area contributed by atoms with Crippen molar-refractivity contribution < 1.29 is 101 Å². The minimum Gasteiger partial charge on any atom is -0.478 e. The molecule has 0 fully saturated rings. The number of nitrogens with two attached hydrogens (primary N) is 1. The molecule has 0 saturated carbocycles. The van der Waals surface area contributed by atoms with Crippen LogP contribution in [0.25, 0.3) is 77.0 Å². The molecule has 0 bridgehead atoms. The number of fused-ring (bicyclic) bond motifs is 4. The van der Waals surface area contributed by atoms with E-state index in [1.165, 1.54) is 14.2 Å². The molecule has 4 heterocycles. The number of carbonyl (C=O) groups is 10. The highest BCUT2D eigenvalue weighted by Gasteiger charge is 2.25. The van der Waals surface area contributed by atoms with Gasteiger partial charge in [-0.1, -0.05) is 131 Å². The molecule has 5 amide bonds. The number of carboxylic acid groups (broad SMARTS) is 1. The quantitative estimate of drug-likeness (QED) is 0.0124. The molecule has 0 radical (unpaired) electrons. The van der Waals surface area contributed by atoms with Crippen LogP contribution in [0.15, 0.2) is 248 Å². The van der Waals surface area contributed by atoms with E-state index >= 15 is 0 Å². The van der Waals surface area contributed by atoms with Crippen molar-refractivity contribution in [3.8, 4) is 33.4 Å². The van der Waals surface area contributed by atoms with E-state index in [9.17, 15) is 53.1 Å². The van der Waals surface area contributed by atoms with Crippen LogP contribution in [0.2, 0.25) is 0 Å². The second-order valence-corrected chi connectivity index (χ2v) is 38.0. The number of hydrogen-bond donors (Lipinski definition) is 9. The Kier molecular flexibility index (Phi) is 39.3. The summed E-state index contributed by atoms with van der Waals surface area (Å²) in [6, 6.07) is 66.9. The summed E-state index contributed by atoms with van der Waals surface area (Å²) in [6.07, 6.45) is 6.18. The summed E-state index contributed by atoms with van der Waals surface area (Å²) < 4.78 is 49.2. The fourth-order valence-electron chi connectivity index (χ4n) is 14.7. The van der Waals surface area contributed by atoms with Gasteiger partial charge in [0.2, 0.25) is 0 Å². The number of aromatic carboxylic acids is 1. The average molecular weight is 2010 g/mol. The molecular weight excluding hydrogens is 1890 g/mol. The third-order valence-corrected chi connectivity index (χ3v) is 21.9. The Balaban J connectivity index is 0.000000199. The molecule has 0 saturated heterocycles. The van der Waals surface area contributed by atoms with Gasteiger partial charge in [-0.05, 0) is 272 Å². The molecule has 752 valence electrons. The van der Waals surface area contributed by atoms with Gasteiger partial charge in [-0.3, -0.25) is 14.4 Å². The third kappa shape index (κ3) is 33.9. The number of carboxylic acids is 1. The zero-order chi connectivity index (χ0) is 105. The number of aryl methyl sites for hydroxylation is 4. The molecule has 14 rings (SSSR count). The van der Waals surface area contributed by atoms with Gasteiger partial charge in [-0.2, -0.15) is 0 Å². The maximum Gasteiger partial charge on any atom is 0.488 e. The lowest BCUT2D eigenvalue weighted by Gasteiger charge is -2.19. The number of para-hydroxylation sites is 2. The number of aromatic nitrogens is 4. The highest BCUT2D eigenvalue weighted by Crippen LogP contribution is 2.37. The number of amides is 5. The van der Waals surface area contributed by atoms with Crippen LogP contribution in [0.3, 0.4) is 0 Å². The Morgan fingerprint density at radius 3 is 1.07 bits per heavy atom. The van der Waals surface area contributed by atoms with Crippen LogP contribution in [-0.2, 0) is 115 Å². The van der Waals surface area contributed by atoms with Crippen LogP contribution in [0.4, 0.5) is 30.6 Å². The second-order valence-electron chi connectivity index (χ2n) is 37.2. The zero-order valence-electron chi connectivity index (χ0n) is 84.3. The minimum absolute atomic E-state index is 0.0660. The first-order valence-corrected chi connectivity index (χ1v) is 46.9. The van der Waals surface area contributed by atoms with Gasteiger partial charge in [0.1, 0.15) is 22.4 Å². The van der Waals surface area contributed by atoms with Crippen LogP contribution in [0.5, 0.6) is 0 Å². The average Bonchev–Trinajstić information content (AvgIpc) is 1.68. The molecule has 143 heavy (non-hydrogen) atoms. The number of anilines is 2. The molecule has 0 spiro atoms. The van der Waals surface area contributed by atoms with E-state index in [4.69, 9.17) is 48.9 Å². The van der Waals surface area contributed by atoms with Crippen molar-refractivity contribution in [1.29, 1.82) is 0 Å². The summed E-state index contributed by atoms with van der Waals surface area (Å²) >= 11 is 3.44. The SMILES string of the molecule is CC(C)(C)OC(=O)NCc1cccc(B(O)O)c1.CCOC(=O)Cc1ccccc1N.CCOC(=O)Cc1ccccc1NC(=O)c1cc(-c2cccc(CNC(=O)OC(C)(C)C)c2)c2ccn(C)c2c1.COC(=O)c1cc(-c2cccc(CNC(=O)OC(C)(C)C)c2)c2ccn(C)c2c1.COC(=O)c1cc(Br)c2ccn(C)c2c1.Cn1ccc2c(-c3cccc(CNC(=O)OC(C)(C)C)c3)cc(C(=O)O)cc21. The zero-order valence-corrected chi connectivity index (χ0v) is 85.8. The number of alkyl carbamates (subject to hydrolysis) is 4. The molecular formula is C110H126BBrN10O21. The van der Waals surface area contributed by atoms with Crippen LogP contribution < -0.4 is 37.8 Å². The highest BCUT2D eigenvalue weighted by molar-refractivity contribution is 9.10. The van der Waals surface area contributed by atoms with Gasteiger partial charge in [-0.15, -0.1) is 0 Å². The molecule has 0 atom stereocenters. The fourth-order valence-corrected chi connectivity index (χ4v) is 15.3. The summed E-state index contributed by atoms with van der Waals surface area (Å²) in [5, 5.41) is 45.5. The van der Waals surface area contributed by atoms with Gasteiger partial charge in [0.05, 0.1) is 57.0 Å². The van der Waals surface area contributed by atoms with E-state index in [0.717, 1.165) is 109 Å². The lowest BCUT2D eigenvalue weighted by Crippen LogP contribution is -2.33. The Morgan fingerprint density at radius 2 is 0.699 bits per heavy atom. The van der Waals surface area contributed by atoms with Crippen molar-refractivity contribution in [3.05, 3.63) is 303 Å². The number of carbonyl (C=O) groups excluding carboxylic acids is 9. The highest BCUT2D eigenvalue weighted by atomic mass is 79.9. The summed E-state index contributed by atoms with van der Waals surface area (Å²) in [5.41, 5.74) is 20.9. The smallest absolute Gasteiger partial charge is 0.478 e. The Labute approximate surface area is 840 Å². The number of esters is 4. The van der Waals surface area contributed by atoms with Crippen molar-refractivity contribution in [1.82, 2.24) is 39.5 Å². The van der Waals surface area contributed by atoms with Gasteiger partial charge >= 0.3 is 61.3 Å². The third-order valence-electron chi connectivity index (χ3n) is 21.2. The number of nitrogens with one attached hydrogen (secondary N) is 5. The van der Waals surface area contributed by atoms with Crippen LogP contribution in [-0.4, -0.2) is 151 Å². The predicted molar refractivity (Wildman–Crippen MR) is 560 cm³/mol. The molecule has 10 N–H and O–H groups in total. The van der Waals surface area contributed by atoms with Crippen molar-refractivity contribution in [2.24, 2.45) is 28.2 Å². The van der Waals surface area contributed by atoms with Crippen molar-refractivity contribution in [3.63, 3.8) is 0 Å². The normalized spacial score (nSPS) is 11.0. The number of benzene rings is 10. The number of hydrogen-bond acceptors (Lipinski definition) is 21. The molecule has 0 aliphatic heterocycles. The standard InChI is InChI=1S/C32H35N3O5.C23H26N2O4.C22H24N2O4.C12H18BNO4.C11H10BrNO2.C10H13NO2/c1-6-39-29(36)19-23-11-7-8-13-27(23)34-30(37)24-17-26(25-14-15-35(5)28(25)18-24)22-12-9-10-21(16-22)20-33-31(38)40-32(2,3)4;1-23(2,3)29-22(27)24-14-15-7-6-8-16(11-15)19-12-17(21(26)28-5)13-20-18(19)9-10-25(20)4;1-22(2,3)28-21(27)23-13-14-6-5-7-15(10-14)18-11-16(20(25)26)12-19-17(18)8-9-24(19)4;1-12(2,3)18-11(15)14-8-9-5-4-6-10(7-9)13(16)17;1-13-4-3-8-9(12)5-7(6-10(8)13)11(14)15-2;1-2-13-10(12)7-8-5-3-4-6-9(8)11/h7-18H,6,19-20H2,1-5H3,(H,33,38)(H,34,37);6-13H,14H2,1-5H3,(H,24,27);5-12H,13H2,1-4H3,(H,23,27)(H,25,26);4-7,16-17H,8H2,1-3H3,(H,14,15);3-6H,1-2H3;3-6H,2,7,11H2,1H3. The van der Waals surface area contributed by atoms with Crippen LogP contribution in [0, 0.1) is 0 Å². The second kappa shape index (κ2) is 50.6. The first kappa shape index (κ1) is 111. The number of rotatable bonds is 23. The van der Waals surface area contributed by atoms with E-state index < -0.39 is 59.9 Å². The molecule has 14 aromatic rings. The van der Waals surface area contributed by atoms with E-state index in [2.05, 4.69) is 47.3 Å². The number of ether oxygens (including phenoxy) is 8. The van der Waals surface area contributed by atoms with Gasteiger partial charge in [0.15, 0.2) is 0 Å². The van der Waals surface area contributed by atoms with E-state index in [1.807, 2.05) is 291 Å². The van der Waals surface area contributed by atoms with Crippen molar-refractivity contribution in [2.45, 2.75) is 158 Å². The number of nitrogens with zero attached hydrogens (tertiary/aromatic N) is 4. The summed E-state index contributed by atoms with van der Waals surface area (Å²) in [7, 11) is 8.95. The van der Waals surface area contributed by atoms with Gasteiger partial charge in [0, 0.05) is 144 Å². The molecule has 33 heteroatoms. The predicted octanol–water partition coefficient (Wildman–Crippen LogP) is 19.9. The van der Waals surface area contributed by atoms with E-state index in [1.54, 1.807) is 95.3 Å². The number of nitrogen functional groups attached to an aromatic ring is 1. The monoisotopic (exact) mass is 2010 g/mol. The first-order valence-electron chi connectivity index (χ1n) is 46.1. The van der Waals surface area contributed by atoms with Crippen molar-refractivity contribution in [2.75, 3.05) is 38.5 Å². The Morgan fingerprint density at radius 1 is 0.378 bits per heavy atom. The van der Waals surface area contributed by atoms with Gasteiger partial charge in [0.25, 0.3) is 5.91 Å². The molecule has 0 aliphatic carbocycles. The number of methoxy groups -OCH3 is 2. The fraction of sp³-hybridized carbons (Fsp3) is 0.291. The molecule has 0 aliphatic rings. The van der Waals surface area contributed by atoms with Crippen molar-refractivity contribution >= 4 is 144 Å². The number of halogens is 1. The van der Waals surface area contributed by atoms with Gasteiger partial charge < -0.3 is 104 Å². The maximum atomic E-state index is 13.5. The van der Waals surface area contributed by atoms with Crippen LogP contribution in [0.1, 0.15) is 172 Å². The molecule has 31 nitrogen and oxygen atoms in total. The maximum absolute atomic E-state index is 13.5. The summed E-state index contributed by atoms with van der Waals surface area (Å²) in [6.45, 7) is 27.2. The minimum atomic E-state index is -1.51. The first-order chi connectivity index (χ1) is 67.5. The topological polar surface area (TPSA) is 411 Å². The van der Waals surface area contributed by atoms with E-state index in [0.29, 0.717) is 71.9 Å². The lowest BCUT2D eigenvalue weighted by atomic mass is 9.80. The molecule has 0 unspecified atom stereocenters. The molecule has 4 aromatic heterocycles. The van der Waals surface area contributed by atoms with Gasteiger partial charge in [-0.25, -0.2) is 33.6 Å². The lowest BCUT2D eigenvalue weighted by molar-refractivity contribution is -0.143. The Hall–Kier alpha value is -15.5. The summed E-state index contributed by atoms with van der Waals surface area (Å²) in [5.74, 6) is -2.54. The summed E-state index contributed by atoms with van der Waals surface area (Å²) in [4.78, 5) is 119. The largest absolute Gasteiger partial charge is 0.488 e. The van der Waals surface area contributed by atoms with Crippen LogP contribution >= 0.6 is 15.9 Å². The Bertz CT molecular complexity index is 6890.